The highest BCUT2D eigenvalue weighted by molar-refractivity contribution is 4.77. The molecule has 2 aliphatic rings. The Balaban J connectivity index is 0.000000181. The van der Waals surface area contributed by atoms with Crippen LogP contribution in [-0.4, -0.2) is 63.3 Å². The largest absolute Gasteiger partial charge is 0.314 e. The lowest BCUT2D eigenvalue weighted by Crippen LogP contribution is -2.50. The topological polar surface area (TPSA) is 39.3 Å². The second-order valence-electron chi connectivity index (χ2n) is 4.39. The van der Waals surface area contributed by atoms with Crippen molar-refractivity contribution in [2.24, 2.45) is 0 Å². The summed E-state index contributed by atoms with van der Waals surface area (Å²) in [6.45, 7) is 13.9. The lowest BCUT2D eigenvalue weighted by Gasteiger charge is -2.34. The van der Waals surface area contributed by atoms with E-state index in [4.69, 9.17) is 0 Å². The first-order valence-corrected chi connectivity index (χ1v) is 6.74. The SMILES string of the molecule is C1CNCCN1.CCC1CNCCN1CC. The Hall–Kier alpha value is -0.160. The van der Waals surface area contributed by atoms with Crippen molar-refractivity contribution in [3.63, 3.8) is 0 Å². The molecule has 96 valence electrons. The molecule has 2 saturated heterocycles. The molecule has 0 aliphatic carbocycles. The van der Waals surface area contributed by atoms with Crippen LogP contribution in [0.4, 0.5) is 0 Å². The predicted octanol–water partition coefficient (Wildman–Crippen LogP) is -0.131. The molecule has 0 saturated carbocycles. The zero-order valence-electron chi connectivity index (χ0n) is 10.9. The average molecular weight is 228 g/mol. The number of hydrogen-bond donors (Lipinski definition) is 3. The van der Waals surface area contributed by atoms with Gasteiger partial charge in [-0.3, -0.25) is 4.90 Å². The molecule has 0 aromatic heterocycles. The van der Waals surface area contributed by atoms with E-state index in [-0.39, 0.29) is 0 Å². The van der Waals surface area contributed by atoms with Gasteiger partial charge in [-0.2, -0.15) is 0 Å². The molecule has 0 amide bonds. The van der Waals surface area contributed by atoms with E-state index in [9.17, 15) is 0 Å². The van der Waals surface area contributed by atoms with Crippen LogP contribution in [0.3, 0.4) is 0 Å². The normalized spacial score (nSPS) is 27.0. The quantitative estimate of drug-likeness (QED) is 0.616. The molecule has 0 aromatic carbocycles. The van der Waals surface area contributed by atoms with Gasteiger partial charge in [0.1, 0.15) is 0 Å². The van der Waals surface area contributed by atoms with Gasteiger partial charge in [0.05, 0.1) is 0 Å². The van der Waals surface area contributed by atoms with Crippen LogP contribution in [0.2, 0.25) is 0 Å². The van der Waals surface area contributed by atoms with Crippen LogP contribution in [0.15, 0.2) is 0 Å². The maximum atomic E-state index is 3.41. The highest BCUT2D eigenvalue weighted by Gasteiger charge is 2.17. The van der Waals surface area contributed by atoms with Crippen LogP contribution in [0.5, 0.6) is 0 Å². The Morgan fingerprint density at radius 1 is 0.938 bits per heavy atom. The first-order valence-electron chi connectivity index (χ1n) is 6.74. The lowest BCUT2D eigenvalue weighted by atomic mass is 10.1. The zero-order chi connectivity index (χ0) is 11.6. The molecule has 16 heavy (non-hydrogen) atoms. The van der Waals surface area contributed by atoms with Gasteiger partial charge in [-0.05, 0) is 13.0 Å². The maximum Gasteiger partial charge on any atom is 0.0218 e. The summed E-state index contributed by atoms with van der Waals surface area (Å²) in [4.78, 5) is 2.55. The molecule has 0 radical (unpaired) electrons. The van der Waals surface area contributed by atoms with Crippen molar-refractivity contribution in [3.05, 3.63) is 0 Å². The van der Waals surface area contributed by atoms with Crippen molar-refractivity contribution < 1.29 is 0 Å². The molecule has 0 spiro atoms. The van der Waals surface area contributed by atoms with E-state index in [1.807, 2.05) is 0 Å². The highest BCUT2D eigenvalue weighted by Crippen LogP contribution is 2.05. The molecule has 0 bridgehead atoms. The molecule has 1 unspecified atom stereocenters. The van der Waals surface area contributed by atoms with Gasteiger partial charge in [0.2, 0.25) is 0 Å². The molecule has 3 N–H and O–H groups in total. The Kier molecular flexibility index (Phi) is 7.76. The van der Waals surface area contributed by atoms with Gasteiger partial charge < -0.3 is 16.0 Å². The van der Waals surface area contributed by atoms with Gasteiger partial charge in [0.25, 0.3) is 0 Å². The van der Waals surface area contributed by atoms with Gasteiger partial charge in [-0.15, -0.1) is 0 Å². The van der Waals surface area contributed by atoms with E-state index in [1.54, 1.807) is 0 Å². The van der Waals surface area contributed by atoms with Crippen LogP contribution >= 0.6 is 0 Å². The summed E-state index contributed by atoms with van der Waals surface area (Å²) in [5.41, 5.74) is 0. The van der Waals surface area contributed by atoms with Gasteiger partial charge >= 0.3 is 0 Å². The Labute approximate surface area is 100 Å². The Morgan fingerprint density at radius 3 is 1.94 bits per heavy atom. The minimum absolute atomic E-state index is 0.791. The van der Waals surface area contributed by atoms with Gasteiger partial charge in [0, 0.05) is 51.9 Å². The molecule has 1 atom stereocenters. The van der Waals surface area contributed by atoms with E-state index in [1.165, 1.54) is 32.6 Å². The van der Waals surface area contributed by atoms with Gasteiger partial charge in [0.15, 0.2) is 0 Å². The fourth-order valence-corrected chi connectivity index (χ4v) is 2.23. The fraction of sp³-hybridized carbons (Fsp3) is 1.00. The molecule has 2 aliphatic heterocycles. The summed E-state index contributed by atoms with van der Waals surface area (Å²) < 4.78 is 0. The van der Waals surface area contributed by atoms with Crippen LogP contribution < -0.4 is 16.0 Å². The zero-order valence-corrected chi connectivity index (χ0v) is 10.9. The molecular formula is C12H28N4. The monoisotopic (exact) mass is 228 g/mol. The van der Waals surface area contributed by atoms with Crippen LogP contribution in [0.25, 0.3) is 0 Å². The fourth-order valence-electron chi connectivity index (χ4n) is 2.23. The van der Waals surface area contributed by atoms with Crippen LogP contribution in [0, 0.1) is 0 Å². The minimum atomic E-state index is 0.791. The number of hydrogen-bond acceptors (Lipinski definition) is 4. The number of nitrogens with zero attached hydrogens (tertiary/aromatic N) is 1. The number of piperazine rings is 2. The van der Waals surface area contributed by atoms with E-state index in [0.717, 1.165) is 32.2 Å². The van der Waals surface area contributed by atoms with Gasteiger partial charge in [-0.25, -0.2) is 0 Å². The summed E-state index contributed by atoms with van der Waals surface area (Å²) >= 11 is 0. The maximum absolute atomic E-state index is 3.41. The van der Waals surface area contributed by atoms with E-state index in [2.05, 4.69) is 34.7 Å². The van der Waals surface area contributed by atoms with Crippen molar-refractivity contribution in [2.75, 3.05) is 52.4 Å². The average Bonchev–Trinajstić information content (AvgIpc) is 2.41. The molecule has 4 heteroatoms. The van der Waals surface area contributed by atoms with Crippen molar-refractivity contribution in [3.8, 4) is 0 Å². The second kappa shape index (κ2) is 8.93. The van der Waals surface area contributed by atoms with Crippen molar-refractivity contribution >= 4 is 0 Å². The Bertz CT molecular complexity index is 136. The first kappa shape index (κ1) is 13.9. The van der Waals surface area contributed by atoms with Crippen molar-refractivity contribution in [2.45, 2.75) is 26.3 Å². The molecule has 2 rings (SSSR count). The predicted molar refractivity (Wildman–Crippen MR) is 69.9 cm³/mol. The summed E-state index contributed by atoms with van der Waals surface area (Å²) in [6, 6.07) is 0.791. The lowest BCUT2D eigenvalue weighted by molar-refractivity contribution is 0.165. The summed E-state index contributed by atoms with van der Waals surface area (Å²) in [7, 11) is 0. The van der Waals surface area contributed by atoms with Crippen molar-refractivity contribution in [1.29, 1.82) is 0 Å². The molecule has 0 aromatic rings. The third-order valence-electron chi connectivity index (χ3n) is 3.31. The molecular weight excluding hydrogens is 200 g/mol. The van der Waals surface area contributed by atoms with Gasteiger partial charge in [-0.1, -0.05) is 13.8 Å². The third-order valence-corrected chi connectivity index (χ3v) is 3.31. The second-order valence-corrected chi connectivity index (χ2v) is 4.39. The van der Waals surface area contributed by atoms with Crippen LogP contribution in [-0.2, 0) is 0 Å². The standard InChI is InChI=1S/C8H18N2.C4H10N2/c1-3-8-7-9-5-6-10(8)4-2;1-2-6-4-3-5-1/h8-9H,3-7H2,1-2H3;5-6H,1-4H2. The number of rotatable bonds is 2. The summed E-state index contributed by atoms with van der Waals surface area (Å²) in [6.07, 6.45) is 1.28. The minimum Gasteiger partial charge on any atom is -0.314 e. The Morgan fingerprint density at radius 2 is 1.56 bits per heavy atom. The van der Waals surface area contributed by atoms with E-state index >= 15 is 0 Å². The molecule has 4 nitrogen and oxygen atoms in total. The highest BCUT2D eigenvalue weighted by atomic mass is 15.2. The van der Waals surface area contributed by atoms with E-state index < -0.39 is 0 Å². The number of likely N-dealkylation sites (N-methyl/N-ethyl adjacent to an activating group) is 1. The molecule has 2 fully saturated rings. The molecule has 2 heterocycles. The van der Waals surface area contributed by atoms with E-state index in [0.29, 0.717) is 0 Å². The van der Waals surface area contributed by atoms with Crippen molar-refractivity contribution in [1.82, 2.24) is 20.9 Å². The summed E-state index contributed by atoms with van der Waals surface area (Å²) in [5, 5.41) is 9.85. The van der Waals surface area contributed by atoms with Crippen LogP contribution in [0.1, 0.15) is 20.3 Å². The summed E-state index contributed by atoms with van der Waals surface area (Å²) in [5.74, 6) is 0. The smallest absolute Gasteiger partial charge is 0.0218 e. The third kappa shape index (κ3) is 5.25. The number of nitrogens with one attached hydrogen (secondary N) is 3. The first-order chi connectivity index (χ1) is 7.88.